The van der Waals surface area contributed by atoms with Gasteiger partial charge in [0.15, 0.2) is 0 Å². The average molecular weight is 225 g/mol. The lowest BCUT2D eigenvalue weighted by atomic mass is 9.76. The van der Waals surface area contributed by atoms with E-state index in [0.717, 1.165) is 37.7 Å². The van der Waals surface area contributed by atoms with Crippen molar-refractivity contribution < 1.29 is 4.39 Å². The average Bonchev–Trinajstić information content (AvgIpc) is 2.15. The topological polar surface area (TPSA) is 26.0 Å². The quantitative estimate of drug-likeness (QED) is 0.673. The number of nitrogens with two attached hydrogens (primary N) is 1. The molecule has 16 heavy (non-hydrogen) atoms. The van der Waals surface area contributed by atoms with Gasteiger partial charge < -0.3 is 5.73 Å². The van der Waals surface area contributed by atoms with Gasteiger partial charge in [-0.3, -0.25) is 0 Å². The van der Waals surface area contributed by atoms with Gasteiger partial charge in [-0.1, -0.05) is 18.9 Å². The Kier molecular flexibility index (Phi) is 4.01. The summed E-state index contributed by atoms with van der Waals surface area (Å²) in [6.07, 6.45) is 12.4. The monoisotopic (exact) mass is 225 g/mol. The summed E-state index contributed by atoms with van der Waals surface area (Å²) in [6, 6.07) is 0.0742. The SMILES string of the molecule is NC1CCCC(F)(C2=CCCCCCC2)C1. The zero-order chi connectivity index (χ0) is 11.4. The number of alkyl halides is 1. The fourth-order valence-corrected chi connectivity index (χ4v) is 3.15. The minimum Gasteiger partial charge on any atom is -0.328 e. The Balaban J connectivity index is 2.07. The fraction of sp³-hybridized carbons (Fsp3) is 0.857. The predicted molar refractivity (Wildman–Crippen MR) is 66.1 cm³/mol. The summed E-state index contributed by atoms with van der Waals surface area (Å²) >= 11 is 0. The number of allylic oxidation sites excluding steroid dienone is 2. The van der Waals surface area contributed by atoms with Gasteiger partial charge in [0.1, 0.15) is 5.67 Å². The lowest BCUT2D eigenvalue weighted by Gasteiger charge is -2.36. The van der Waals surface area contributed by atoms with E-state index in [1.165, 1.54) is 19.3 Å². The summed E-state index contributed by atoms with van der Waals surface area (Å²) in [4.78, 5) is 0. The molecule has 2 atom stereocenters. The van der Waals surface area contributed by atoms with Crippen molar-refractivity contribution in [2.45, 2.75) is 75.9 Å². The van der Waals surface area contributed by atoms with Gasteiger partial charge in [-0.25, -0.2) is 4.39 Å². The van der Waals surface area contributed by atoms with E-state index < -0.39 is 5.67 Å². The van der Waals surface area contributed by atoms with Crippen LogP contribution in [-0.2, 0) is 0 Å². The van der Waals surface area contributed by atoms with Crippen LogP contribution < -0.4 is 5.73 Å². The first-order chi connectivity index (χ1) is 7.71. The molecule has 2 heteroatoms. The van der Waals surface area contributed by atoms with Crippen LogP contribution in [0, 0.1) is 0 Å². The van der Waals surface area contributed by atoms with Crippen molar-refractivity contribution in [3.05, 3.63) is 11.6 Å². The third-order valence-electron chi connectivity index (χ3n) is 4.10. The molecule has 92 valence electrons. The summed E-state index contributed by atoms with van der Waals surface area (Å²) in [5, 5.41) is 0. The Morgan fingerprint density at radius 3 is 2.81 bits per heavy atom. The molecule has 2 unspecified atom stereocenters. The van der Waals surface area contributed by atoms with Gasteiger partial charge in [-0.15, -0.1) is 0 Å². The van der Waals surface area contributed by atoms with Crippen molar-refractivity contribution >= 4 is 0 Å². The zero-order valence-electron chi connectivity index (χ0n) is 10.2. The minimum atomic E-state index is -1.06. The molecular formula is C14H24FN. The molecule has 0 saturated heterocycles. The van der Waals surface area contributed by atoms with Crippen LogP contribution in [0.5, 0.6) is 0 Å². The minimum absolute atomic E-state index is 0.0742. The van der Waals surface area contributed by atoms with E-state index in [2.05, 4.69) is 6.08 Å². The van der Waals surface area contributed by atoms with Gasteiger partial charge in [0.2, 0.25) is 0 Å². The second kappa shape index (κ2) is 5.31. The molecule has 1 saturated carbocycles. The molecule has 2 rings (SSSR count). The molecule has 0 spiro atoms. The molecule has 0 aromatic carbocycles. The molecule has 0 heterocycles. The van der Waals surface area contributed by atoms with Crippen LogP contribution in [0.3, 0.4) is 0 Å². The van der Waals surface area contributed by atoms with Crippen molar-refractivity contribution in [1.82, 2.24) is 0 Å². The van der Waals surface area contributed by atoms with Gasteiger partial charge in [0.25, 0.3) is 0 Å². The Bertz CT molecular complexity index is 261. The van der Waals surface area contributed by atoms with Crippen molar-refractivity contribution in [1.29, 1.82) is 0 Å². The number of hydrogen-bond donors (Lipinski definition) is 1. The van der Waals surface area contributed by atoms with Crippen molar-refractivity contribution in [3.63, 3.8) is 0 Å². The highest BCUT2D eigenvalue weighted by molar-refractivity contribution is 5.19. The number of hydrogen-bond acceptors (Lipinski definition) is 1. The second-order valence-electron chi connectivity index (χ2n) is 5.50. The molecule has 0 amide bonds. The third kappa shape index (κ3) is 2.85. The molecule has 0 aromatic rings. The van der Waals surface area contributed by atoms with E-state index >= 15 is 0 Å². The van der Waals surface area contributed by atoms with E-state index in [9.17, 15) is 4.39 Å². The molecule has 0 aliphatic heterocycles. The normalized spacial score (nSPS) is 37.4. The molecule has 1 fully saturated rings. The Labute approximate surface area is 98.3 Å². The molecule has 0 aromatic heterocycles. The Hall–Kier alpha value is -0.370. The van der Waals surface area contributed by atoms with Crippen LogP contribution in [0.25, 0.3) is 0 Å². The van der Waals surface area contributed by atoms with E-state index in [1.807, 2.05) is 0 Å². The summed E-state index contributed by atoms with van der Waals surface area (Å²) in [5.41, 5.74) is 5.93. The molecule has 1 nitrogen and oxygen atoms in total. The lowest BCUT2D eigenvalue weighted by molar-refractivity contribution is 0.130. The summed E-state index contributed by atoms with van der Waals surface area (Å²) in [5.74, 6) is 0. The van der Waals surface area contributed by atoms with Gasteiger partial charge in [0, 0.05) is 12.5 Å². The van der Waals surface area contributed by atoms with Gasteiger partial charge in [-0.2, -0.15) is 0 Å². The molecule has 2 aliphatic rings. The highest BCUT2D eigenvalue weighted by Gasteiger charge is 2.38. The summed E-state index contributed by atoms with van der Waals surface area (Å²) in [7, 11) is 0. The lowest BCUT2D eigenvalue weighted by Crippen LogP contribution is -2.39. The first-order valence-electron chi connectivity index (χ1n) is 6.85. The van der Waals surface area contributed by atoms with E-state index in [4.69, 9.17) is 5.73 Å². The maximum atomic E-state index is 14.9. The maximum Gasteiger partial charge on any atom is 0.133 e. The van der Waals surface area contributed by atoms with Crippen LogP contribution in [0.4, 0.5) is 4.39 Å². The highest BCUT2D eigenvalue weighted by Crippen LogP contribution is 2.40. The van der Waals surface area contributed by atoms with Crippen molar-refractivity contribution in [3.8, 4) is 0 Å². The van der Waals surface area contributed by atoms with Crippen LogP contribution in [0.2, 0.25) is 0 Å². The predicted octanol–water partition coefficient (Wildman–Crippen LogP) is 3.88. The van der Waals surface area contributed by atoms with Gasteiger partial charge in [0.05, 0.1) is 0 Å². The van der Waals surface area contributed by atoms with Gasteiger partial charge >= 0.3 is 0 Å². The van der Waals surface area contributed by atoms with Crippen LogP contribution in [-0.4, -0.2) is 11.7 Å². The third-order valence-corrected chi connectivity index (χ3v) is 4.10. The second-order valence-corrected chi connectivity index (χ2v) is 5.50. The highest BCUT2D eigenvalue weighted by atomic mass is 19.1. The smallest absolute Gasteiger partial charge is 0.133 e. The van der Waals surface area contributed by atoms with Crippen LogP contribution in [0.15, 0.2) is 11.6 Å². The summed E-state index contributed by atoms with van der Waals surface area (Å²) in [6.45, 7) is 0. The van der Waals surface area contributed by atoms with E-state index in [-0.39, 0.29) is 6.04 Å². The zero-order valence-corrected chi connectivity index (χ0v) is 10.2. The first-order valence-corrected chi connectivity index (χ1v) is 6.85. The summed E-state index contributed by atoms with van der Waals surface area (Å²) < 4.78 is 14.9. The van der Waals surface area contributed by atoms with Crippen LogP contribution in [0.1, 0.15) is 64.2 Å². The Morgan fingerprint density at radius 2 is 2.00 bits per heavy atom. The Morgan fingerprint density at radius 1 is 1.19 bits per heavy atom. The molecule has 2 aliphatic carbocycles. The molecule has 0 bridgehead atoms. The van der Waals surface area contributed by atoms with E-state index in [1.54, 1.807) is 0 Å². The van der Waals surface area contributed by atoms with Crippen LogP contribution >= 0.6 is 0 Å². The standard InChI is InChI=1S/C14H24FN/c15-14(10-6-9-13(16)11-14)12-7-4-2-1-3-5-8-12/h7,13H,1-6,8-11,16H2. The number of halogens is 1. The largest absolute Gasteiger partial charge is 0.328 e. The molecule has 2 N–H and O–H groups in total. The van der Waals surface area contributed by atoms with Crippen molar-refractivity contribution in [2.75, 3.05) is 0 Å². The first kappa shape index (κ1) is 12.1. The van der Waals surface area contributed by atoms with Gasteiger partial charge in [-0.05, 0) is 50.5 Å². The molecular weight excluding hydrogens is 201 g/mol. The maximum absolute atomic E-state index is 14.9. The van der Waals surface area contributed by atoms with Crippen molar-refractivity contribution in [2.24, 2.45) is 5.73 Å². The molecule has 0 radical (unpaired) electrons. The fourth-order valence-electron chi connectivity index (χ4n) is 3.15. The van der Waals surface area contributed by atoms with E-state index in [0.29, 0.717) is 12.8 Å². The number of rotatable bonds is 1.